The SMILES string of the molecule is CNC(=O)c1ccc(CN(C)C(=O)[C@H](C)OC[C@H]2CCCCO2)cc1. The zero-order valence-electron chi connectivity index (χ0n) is 15.3. The quantitative estimate of drug-likeness (QED) is 0.818. The number of ether oxygens (including phenoxy) is 2. The highest BCUT2D eigenvalue weighted by Crippen LogP contribution is 2.14. The van der Waals surface area contributed by atoms with Crippen LogP contribution in [-0.4, -0.2) is 56.2 Å². The predicted molar refractivity (Wildman–Crippen MR) is 95.3 cm³/mol. The second-order valence-corrected chi connectivity index (χ2v) is 6.43. The molecule has 1 aliphatic heterocycles. The van der Waals surface area contributed by atoms with Crippen molar-refractivity contribution in [2.45, 2.75) is 44.9 Å². The van der Waals surface area contributed by atoms with Crippen molar-refractivity contribution in [3.05, 3.63) is 35.4 Å². The van der Waals surface area contributed by atoms with Gasteiger partial charge in [0.1, 0.15) is 6.10 Å². The first-order valence-corrected chi connectivity index (χ1v) is 8.80. The molecule has 1 fully saturated rings. The van der Waals surface area contributed by atoms with Gasteiger partial charge in [-0.3, -0.25) is 9.59 Å². The molecule has 1 aromatic carbocycles. The van der Waals surface area contributed by atoms with E-state index in [2.05, 4.69) is 5.32 Å². The molecule has 1 aliphatic rings. The number of rotatable bonds is 7. The molecule has 0 spiro atoms. The molecule has 0 aromatic heterocycles. The van der Waals surface area contributed by atoms with Crippen LogP contribution in [0, 0.1) is 0 Å². The Balaban J connectivity index is 1.81. The number of likely N-dealkylation sites (N-methyl/N-ethyl adjacent to an activating group) is 1. The monoisotopic (exact) mass is 348 g/mol. The van der Waals surface area contributed by atoms with Crippen LogP contribution >= 0.6 is 0 Å². The third-order valence-electron chi connectivity index (χ3n) is 4.39. The van der Waals surface area contributed by atoms with Gasteiger partial charge in [-0.1, -0.05) is 12.1 Å². The zero-order chi connectivity index (χ0) is 18.2. The summed E-state index contributed by atoms with van der Waals surface area (Å²) in [6.07, 6.45) is 2.86. The van der Waals surface area contributed by atoms with Crippen molar-refractivity contribution in [2.24, 2.45) is 0 Å². The van der Waals surface area contributed by atoms with E-state index in [1.54, 1.807) is 38.1 Å². The Morgan fingerprint density at radius 3 is 2.64 bits per heavy atom. The number of amides is 2. The van der Waals surface area contributed by atoms with Crippen LogP contribution in [0.15, 0.2) is 24.3 Å². The van der Waals surface area contributed by atoms with Gasteiger partial charge in [0.15, 0.2) is 0 Å². The van der Waals surface area contributed by atoms with Crippen molar-refractivity contribution >= 4 is 11.8 Å². The molecule has 2 amide bonds. The van der Waals surface area contributed by atoms with E-state index in [-0.39, 0.29) is 17.9 Å². The molecule has 25 heavy (non-hydrogen) atoms. The highest BCUT2D eigenvalue weighted by molar-refractivity contribution is 5.93. The van der Waals surface area contributed by atoms with Crippen molar-refractivity contribution in [1.29, 1.82) is 0 Å². The third kappa shape index (κ3) is 5.83. The van der Waals surface area contributed by atoms with Crippen molar-refractivity contribution < 1.29 is 19.1 Å². The van der Waals surface area contributed by atoms with Gasteiger partial charge in [0, 0.05) is 32.8 Å². The number of carbonyl (C=O) groups excluding carboxylic acids is 2. The standard InChI is InChI=1S/C19H28N2O4/c1-14(25-13-17-6-4-5-11-24-17)19(23)21(3)12-15-7-9-16(10-8-15)18(22)20-2/h7-10,14,17H,4-6,11-13H2,1-3H3,(H,20,22)/t14-,17+/m0/s1. The maximum absolute atomic E-state index is 12.4. The van der Waals surface area contributed by atoms with Gasteiger partial charge >= 0.3 is 0 Å². The first kappa shape index (κ1) is 19.4. The maximum Gasteiger partial charge on any atom is 0.251 e. The Labute approximate surface area is 149 Å². The molecule has 1 aromatic rings. The van der Waals surface area contributed by atoms with Crippen molar-refractivity contribution in [3.63, 3.8) is 0 Å². The number of hydrogen-bond donors (Lipinski definition) is 1. The lowest BCUT2D eigenvalue weighted by Crippen LogP contribution is -2.37. The fourth-order valence-electron chi connectivity index (χ4n) is 2.83. The van der Waals surface area contributed by atoms with Crippen LogP contribution in [0.1, 0.15) is 42.1 Å². The van der Waals surface area contributed by atoms with E-state index in [1.807, 2.05) is 12.1 Å². The number of nitrogens with one attached hydrogen (secondary N) is 1. The smallest absolute Gasteiger partial charge is 0.251 e. The molecule has 0 unspecified atom stereocenters. The van der Waals surface area contributed by atoms with Crippen LogP contribution in [0.2, 0.25) is 0 Å². The lowest BCUT2D eigenvalue weighted by atomic mass is 10.1. The van der Waals surface area contributed by atoms with Crippen LogP contribution in [0.25, 0.3) is 0 Å². The van der Waals surface area contributed by atoms with E-state index < -0.39 is 6.10 Å². The van der Waals surface area contributed by atoms with Crippen molar-refractivity contribution in [1.82, 2.24) is 10.2 Å². The Morgan fingerprint density at radius 1 is 1.32 bits per heavy atom. The van der Waals surface area contributed by atoms with Crippen molar-refractivity contribution in [2.75, 3.05) is 27.3 Å². The molecule has 138 valence electrons. The largest absolute Gasteiger partial charge is 0.376 e. The third-order valence-corrected chi connectivity index (χ3v) is 4.39. The topological polar surface area (TPSA) is 67.9 Å². The summed E-state index contributed by atoms with van der Waals surface area (Å²) in [4.78, 5) is 25.6. The highest BCUT2D eigenvalue weighted by Gasteiger charge is 2.21. The first-order valence-electron chi connectivity index (χ1n) is 8.80. The number of nitrogens with zero attached hydrogens (tertiary/aromatic N) is 1. The summed E-state index contributed by atoms with van der Waals surface area (Å²) in [5.74, 6) is -0.186. The van der Waals surface area contributed by atoms with E-state index in [0.29, 0.717) is 18.7 Å². The molecule has 2 rings (SSSR count). The average Bonchev–Trinajstić information content (AvgIpc) is 2.66. The van der Waals surface area contributed by atoms with Crippen LogP contribution in [0.3, 0.4) is 0 Å². The van der Waals surface area contributed by atoms with Gasteiger partial charge in [0.2, 0.25) is 0 Å². The summed E-state index contributed by atoms with van der Waals surface area (Å²) in [5.41, 5.74) is 1.57. The molecule has 0 aliphatic carbocycles. The Hall–Kier alpha value is -1.92. The van der Waals surface area contributed by atoms with Gasteiger partial charge in [-0.15, -0.1) is 0 Å². The van der Waals surface area contributed by atoms with Crippen LogP contribution < -0.4 is 5.32 Å². The molecule has 1 heterocycles. The molecule has 0 bridgehead atoms. The number of benzene rings is 1. The molecular formula is C19H28N2O4. The fraction of sp³-hybridized carbons (Fsp3) is 0.579. The number of hydrogen-bond acceptors (Lipinski definition) is 4. The second-order valence-electron chi connectivity index (χ2n) is 6.43. The molecule has 0 radical (unpaired) electrons. The Morgan fingerprint density at radius 2 is 2.04 bits per heavy atom. The van der Waals surface area contributed by atoms with Crippen LogP contribution in [-0.2, 0) is 20.8 Å². The van der Waals surface area contributed by atoms with Crippen LogP contribution in [0.5, 0.6) is 0 Å². The normalized spacial score (nSPS) is 18.4. The lowest BCUT2D eigenvalue weighted by molar-refractivity contribution is -0.145. The molecule has 1 N–H and O–H groups in total. The van der Waals surface area contributed by atoms with Crippen molar-refractivity contribution in [3.8, 4) is 0 Å². The summed E-state index contributed by atoms with van der Waals surface area (Å²) in [6, 6.07) is 7.23. The minimum absolute atomic E-state index is 0.0637. The van der Waals surface area contributed by atoms with E-state index in [0.717, 1.165) is 31.4 Å². The minimum atomic E-state index is -0.499. The minimum Gasteiger partial charge on any atom is -0.376 e. The van der Waals surface area contributed by atoms with E-state index in [4.69, 9.17) is 9.47 Å². The fourth-order valence-corrected chi connectivity index (χ4v) is 2.83. The predicted octanol–water partition coefficient (Wildman–Crippen LogP) is 1.98. The Bertz CT molecular complexity index is 567. The van der Waals surface area contributed by atoms with Gasteiger partial charge in [-0.2, -0.15) is 0 Å². The van der Waals surface area contributed by atoms with Gasteiger partial charge in [0.25, 0.3) is 11.8 Å². The Kier molecular flexibility index (Phi) is 7.40. The molecule has 1 saturated heterocycles. The van der Waals surface area contributed by atoms with Crippen LogP contribution in [0.4, 0.5) is 0 Å². The summed E-state index contributed by atoms with van der Waals surface area (Å²) in [6.45, 7) is 3.49. The number of carbonyl (C=O) groups is 2. The van der Waals surface area contributed by atoms with E-state index in [9.17, 15) is 9.59 Å². The summed E-state index contributed by atoms with van der Waals surface area (Å²) in [7, 11) is 3.36. The van der Waals surface area contributed by atoms with Gasteiger partial charge < -0.3 is 19.7 Å². The van der Waals surface area contributed by atoms with Gasteiger partial charge in [0.05, 0.1) is 12.7 Å². The molecule has 6 heteroatoms. The van der Waals surface area contributed by atoms with E-state index >= 15 is 0 Å². The molecule has 0 saturated carbocycles. The summed E-state index contributed by atoms with van der Waals surface area (Å²) < 4.78 is 11.3. The lowest BCUT2D eigenvalue weighted by Gasteiger charge is -2.26. The maximum atomic E-state index is 12.4. The molecular weight excluding hydrogens is 320 g/mol. The highest BCUT2D eigenvalue weighted by atomic mass is 16.5. The second kappa shape index (κ2) is 9.53. The van der Waals surface area contributed by atoms with Gasteiger partial charge in [-0.05, 0) is 43.9 Å². The summed E-state index contributed by atoms with van der Waals surface area (Å²) >= 11 is 0. The first-order chi connectivity index (χ1) is 12.0. The van der Waals surface area contributed by atoms with Gasteiger partial charge in [-0.25, -0.2) is 0 Å². The van der Waals surface area contributed by atoms with E-state index in [1.165, 1.54) is 0 Å². The molecule has 2 atom stereocenters. The molecule has 6 nitrogen and oxygen atoms in total. The zero-order valence-corrected chi connectivity index (χ0v) is 15.3. The summed E-state index contributed by atoms with van der Waals surface area (Å²) in [5, 5.41) is 2.59. The average molecular weight is 348 g/mol.